The Bertz CT molecular complexity index is 397. The lowest BCUT2D eigenvalue weighted by Crippen LogP contribution is -2.14. The molecule has 0 saturated heterocycles. The van der Waals surface area contributed by atoms with Gasteiger partial charge in [-0.3, -0.25) is 0 Å². The first-order valence-electron chi connectivity index (χ1n) is 5.41. The Kier molecular flexibility index (Phi) is 2.48. The highest BCUT2D eigenvalue weighted by Gasteiger charge is 2.18. The van der Waals surface area contributed by atoms with Crippen molar-refractivity contribution in [3.63, 3.8) is 0 Å². The molecule has 1 fully saturated rings. The molecule has 0 N–H and O–H groups in total. The second-order valence-electron chi connectivity index (χ2n) is 5.10. The molecule has 0 amide bonds. The van der Waals surface area contributed by atoms with Gasteiger partial charge in [0.1, 0.15) is 5.69 Å². The lowest BCUT2D eigenvalue weighted by Gasteiger charge is -2.15. The summed E-state index contributed by atoms with van der Waals surface area (Å²) in [5.74, 6) is 6.86. The third-order valence-electron chi connectivity index (χ3n) is 2.41. The maximum absolute atomic E-state index is 4.20. The fourth-order valence-electron chi connectivity index (χ4n) is 1.20. The average molecular weight is 200 g/mol. The summed E-state index contributed by atoms with van der Waals surface area (Å²) in [6, 6.07) is 3.98. The van der Waals surface area contributed by atoms with Gasteiger partial charge in [0.25, 0.3) is 0 Å². The summed E-state index contributed by atoms with van der Waals surface area (Å²) in [7, 11) is 0. The molecule has 1 aromatic heterocycles. The van der Waals surface area contributed by atoms with E-state index in [0.29, 0.717) is 5.92 Å². The van der Waals surface area contributed by atoms with Crippen LogP contribution in [0.5, 0.6) is 0 Å². The van der Waals surface area contributed by atoms with Gasteiger partial charge < -0.3 is 0 Å². The van der Waals surface area contributed by atoms with Crippen molar-refractivity contribution in [2.45, 2.75) is 39.0 Å². The van der Waals surface area contributed by atoms with E-state index in [2.05, 4.69) is 42.8 Å². The molecule has 0 bridgehead atoms. The summed E-state index contributed by atoms with van der Waals surface area (Å²) in [6.07, 6.45) is 2.50. The van der Waals surface area contributed by atoms with Crippen LogP contribution in [0.3, 0.4) is 0 Å². The molecule has 1 saturated carbocycles. The molecule has 78 valence electrons. The second kappa shape index (κ2) is 3.66. The van der Waals surface area contributed by atoms with Gasteiger partial charge in [-0.15, -0.1) is 5.10 Å². The first kappa shape index (κ1) is 10.2. The summed E-state index contributed by atoms with van der Waals surface area (Å²) >= 11 is 0. The molecule has 1 aliphatic carbocycles. The summed E-state index contributed by atoms with van der Waals surface area (Å²) in [4.78, 5) is 0. The van der Waals surface area contributed by atoms with Gasteiger partial charge in [-0.05, 0) is 30.9 Å². The number of aromatic nitrogens is 2. The lowest BCUT2D eigenvalue weighted by molar-refractivity contribution is 0.558. The Morgan fingerprint density at radius 3 is 2.40 bits per heavy atom. The van der Waals surface area contributed by atoms with Crippen molar-refractivity contribution in [3.05, 3.63) is 23.5 Å². The van der Waals surface area contributed by atoms with Crippen LogP contribution in [0.4, 0.5) is 0 Å². The predicted molar refractivity (Wildman–Crippen MR) is 60.3 cm³/mol. The van der Waals surface area contributed by atoms with Crippen molar-refractivity contribution in [3.8, 4) is 11.8 Å². The molecule has 1 aromatic rings. The molecule has 0 aromatic carbocycles. The molecular weight excluding hydrogens is 184 g/mol. The van der Waals surface area contributed by atoms with Crippen molar-refractivity contribution >= 4 is 0 Å². The number of hydrogen-bond donors (Lipinski definition) is 0. The summed E-state index contributed by atoms with van der Waals surface area (Å²) < 4.78 is 0. The van der Waals surface area contributed by atoms with Crippen LogP contribution in [0.2, 0.25) is 0 Å². The van der Waals surface area contributed by atoms with Gasteiger partial charge in [0.05, 0.1) is 5.69 Å². The van der Waals surface area contributed by atoms with E-state index in [-0.39, 0.29) is 5.41 Å². The molecule has 0 unspecified atom stereocenters. The Hall–Kier alpha value is -1.36. The first-order valence-corrected chi connectivity index (χ1v) is 5.41. The van der Waals surface area contributed by atoms with Gasteiger partial charge in [0, 0.05) is 11.3 Å². The van der Waals surface area contributed by atoms with Gasteiger partial charge >= 0.3 is 0 Å². The van der Waals surface area contributed by atoms with Crippen molar-refractivity contribution in [1.82, 2.24) is 10.2 Å². The van der Waals surface area contributed by atoms with Gasteiger partial charge in [0.2, 0.25) is 0 Å². The Morgan fingerprint density at radius 1 is 1.20 bits per heavy atom. The Balaban J connectivity index is 2.14. The molecule has 2 rings (SSSR count). The smallest absolute Gasteiger partial charge is 0.135 e. The van der Waals surface area contributed by atoms with E-state index in [1.165, 1.54) is 12.8 Å². The van der Waals surface area contributed by atoms with Crippen molar-refractivity contribution in [2.75, 3.05) is 0 Å². The van der Waals surface area contributed by atoms with Crippen LogP contribution < -0.4 is 0 Å². The molecule has 2 nitrogen and oxygen atoms in total. The molecule has 1 aliphatic rings. The van der Waals surface area contributed by atoms with Crippen molar-refractivity contribution in [1.29, 1.82) is 0 Å². The van der Waals surface area contributed by atoms with E-state index in [9.17, 15) is 0 Å². The standard InChI is InChI=1S/C13H16N2/c1-13(2,3)12-9-8-11(14-15-12)7-6-10-4-5-10/h8-10H,4-5H2,1-3H3. The molecular formula is C13H16N2. The highest BCUT2D eigenvalue weighted by atomic mass is 15.1. The van der Waals surface area contributed by atoms with Gasteiger partial charge in [-0.1, -0.05) is 26.7 Å². The fraction of sp³-hybridized carbons (Fsp3) is 0.538. The predicted octanol–water partition coefficient (Wildman–Crippen LogP) is 2.54. The van der Waals surface area contributed by atoms with Crippen LogP contribution in [0.1, 0.15) is 45.0 Å². The second-order valence-corrected chi connectivity index (χ2v) is 5.10. The fourth-order valence-corrected chi connectivity index (χ4v) is 1.20. The molecule has 0 radical (unpaired) electrons. The average Bonchev–Trinajstić information content (AvgIpc) is 2.97. The number of hydrogen-bond acceptors (Lipinski definition) is 2. The minimum atomic E-state index is 0.0649. The van der Waals surface area contributed by atoms with E-state index in [0.717, 1.165) is 11.4 Å². The van der Waals surface area contributed by atoms with E-state index in [1.54, 1.807) is 0 Å². The van der Waals surface area contributed by atoms with E-state index < -0.39 is 0 Å². The van der Waals surface area contributed by atoms with Crippen molar-refractivity contribution in [2.24, 2.45) is 5.92 Å². The van der Waals surface area contributed by atoms with Crippen molar-refractivity contribution < 1.29 is 0 Å². The quantitative estimate of drug-likeness (QED) is 0.601. The normalized spacial score (nSPS) is 15.7. The molecule has 0 spiro atoms. The van der Waals surface area contributed by atoms with Crippen LogP contribution in [-0.4, -0.2) is 10.2 Å². The van der Waals surface area contributed by atoms with E-state index in [4.69, 9.17) is 0 Å². The molecule has 15 heavy (non-hydrogen) atoms. The Labute approximate surface area is 91.1 Å². The monoisotopic (exact) mass is 200 g/mol. The zero-order valence-corrected chi connectivity index (χ0v) is 9.54. The zero-order chi connectivity index (χ0) is 10.9. The maximum Gasteiger partial charge on any atom is 0.135 e. The van der Waals surface area contributed by atoms with Gasteiger partial charge in [-0.25, -0.2) is 0 Å². The van der Waals surface area contributed by atoms with Crippen LogP contribution >= 0.6 is 0 Å². The van der Waals surface area contributed by atoms with E-state index in [1.807, 2.05) is 12.1 Å². The van der Waals surface area contributed by atoms with Gasteiger partial charge in [0.15, 0.2) is 0 Å². The van der Waals surface area contributed by atoms with Crippen LogP contribution in [-0.2, 0) is 5.41 Å². The third-order valence-corrected chi connectivity index (χ3v) is 2.41. The largest absolute Gasteiger partial charge is 0.154 e. The molecule has 0 aliphatic heterocycles. The zero-order valence-electron chi connectivity index (χ0n) is 9.54. The van der Waals surface area contributed by atoms with Crippen LogP contribution in [0.25, 0.3) is 0 Å². The SMILES string of the molecule is CC(C)(C)c1ccc(C#CC2CC2)nn1. The number of nitrogens with zero attached hydrogens (tertiary/aromatic N) is 2. The first-order chi connectivity index (χ1) is 7.05. The minimum absolute atomic E-state index is 0.0649. The highest BCUT2D eigenvalue weighted by Crippen LogP contribution is 2.27. The highest BCUT2D eigenvalue weighted by molar-refractivity contribution is 5.29. The topological polar surface area (TPSA) is 25.8 Å². The summed E-state index contributed by atoms with van der Waals surface area (Å²) in [5, 5.41) is 8.32. The summed E-state index contributed by atoms with van der Waals surface area (Å²) in [5.41, 5.74) is 1.87. The molecule has 1 heterocycles. The van der Waals surface area contributed by atoms with Gasteiger partial charge in [-0.2, -0.15) is 5.10 Å². The Morgan fingerprint density at radius 2 is 1.93 bits per heavy atom. The summed E-state index contributed by atoms with van der Waals surface area (Å²) in [6.45, 7) is 6.39. The van der Waals surface area contributed by atoms with Crippen LogP contribution in [0.15, 0.2) is 12.1 Å². The number of rotatable bonds is 0. The van der Waals surface area contributed by atoms with Crippen LogP contribution in [0, 0.1) is 17.8 Å². The maximum atomic E-state index is 4.20. The minimum Gasteiger partial charge on any atom is -0.154 e. The third kappa shape index (κ3) is 2.79. The van der Waals surface area contributed by atoms with E-state index >= 15 is 0 Å². The lowest BCUT2D eigenvalue weighted by atomic mass is 9.92. The molecule has 0 atom stereocenters. The molecule has 2 heteroatoms.